The quantitative estimate of drug-likeness (QED) is 0.927. The van der Waals surface area contributed by atoms with Crippen LogP contribution < -0.4 is 10.6 Å². The number of ether oxygens (including phenoxy) is 1. The van der Waals surface area contributed by atoms with Crippen LogP contribution in [0.25, 0.3) is 0 Å². The van der Waals surface area contributed by atoms with Crippen LogP contribution in [0.15, 0.2) is 24.3 Å². The van der Waals surface area contributed by atoms with Gasteiger partial charge in [0, 0.05) is 5.69 Å². The fourth-order valence-electron chi connectivity index (χ4n) is 2.15. The molecule has 7 heteroatoms. The number of cyclic esters (lactones) is 1. The molecule has 1 atom stereocenters. The summed E-state index contributed by atoms with van der Waals surface area (Å²) in [5, 5.41) is 0. The van der Waals surface area contributed by atoms with Gasteiger partial charge in [0.2, 0.25) is 0 Å². The third-order valence-corrected chi connectivity index (χ3v) is 3.18. The SMILES string of the molecule is NCCCC1COC(=O)N1c1ccc(C(F)(F)F)cc1. The Labute approximate surface area is 114 Å². The van der Waals surface area contributed by atoms with Gasteiger partial charge in [-0.2, -0.15) is 13.2 Å². The Morgan fingerprint density at radius 1 is 1.30 bits per heavy atom. The average molecular weight is 288 g/mol. The Morgan fingerprint density at radius 2 is 1.95 bits per heavy atom. The maximum absolute atomic E-state index is 12.5. The summed E-state index contributed by atoms with van der Waals surface area (Å²) < 4.78 is 42.4. The molecule has 0 aliphatic carbocycles. The van der Waals surface area contributed by atoms with Crippen LogP contribution >= 0.6 is 0 Å². The molecular formula is C13H15F3N2O2. The van der Waals surface area contributed by atoms with E-state index in [-0.39, 0.29) is 12.6 Å². The summed E-state index contributed by atoms with van der Waals surface area (Å²) in [5.41, 5.74) is 5.09. The first kappa shape index (κ1) is 14.6. The van der Waals surface area contributed by atoms with Crippen LogP contribution in [0.3, 0.4) is 0 Å². The fourth-order valence-corrected chi connectivity index (χ4v) is 2.15. The lowest BCUT2D eigenvalue weighted by atomic mass is 10.1. The minimum Gasteiger partial charge on any atom is -0.447 e. The average Bonchev–Trinajstić information content (AvgIpc) is 2.76. The third-order valence-electron chi connectivity index (χ3n) is 3.18. The summed E-state index contributed by atoms with van der Waals surface area (Å²) in [6.45, 7) is 0.728. The molecule has 0 radical (unpaired) electrons. The van der Waals surface area contributed by atoms with Gasteiger partial charge in [0.25, 0.3) is 0 Å². The fraction of sp³-hybridized carbons (Fsp3) is 0.462. The molecule has 1 aromatic rings. The second kappa shape index (κ2) is 5.70. The van der Waals surface area contributed by atoms with Crippen LogP contribution in [-0.2, 0) is 10.9 Å². The van der Waals surface area contributed by atoms with Crippen molar-refractivity contribution in [3.05, 3.63) is 29.8 Å². The first-order chi connectivity index (χ1) is 9.43. The van der Waals surface area contributed by atoms with E-state index in [1.807, 2.05) is 0 Å². The van der Waals surface area contributed by atoms with E-state index in [1.165, 1.54) is 17.0 Å². The van der Waals surface area contributed by atoms with Gasteiger partial charge in [-0.1, -0.05) is 0 Å². The van der Waals surface area contributed by atoms with E-state index in [1.54, 1.807) is 0 Å². The summed E-state index contributed by atoms with van der Waals surface area (Å²) in [4.78, 5) is 13.1. The Balaban J connectivity index is 2.18. The standard InChI is InChI=1S/C13H15F3N2O2/c14-13(15,16)9-3-5-10(6-4-9)18-11(2-1-7-17)8-20-12(18)19/h3-6,11H,1-2,7-8,17H2. The molecule has 0 saturated carbocycles. The molecule has 1 fully saturated rings. The maximum Gasteiger partial charge on any atom is 0.416 e. The number of rotatable bonds is 4. The minimum atomic E-state index is -4.39. The number of nitrogens with two attached hydrogens (primary N) is 1. The zero-order valence-electron chi connectivity index (χ0n) is 10.7. The number of hydrogen-bond donors (Lipinski definition) is 1. The summed E-state index contributed by atoms with van der Waals surface area (Å²) >= 11 is 0. The van der Waals surface area contributed by atoms with E-state index >= 15 is 0 Å². The third kappa shape index (κ3) is 3.04. The molecule has 1 aliphatic heterocycles. The van der Waals surface area contributed by atoms with Crippen LogP contribution in [0.5, 0.6) is 0 Å². The van der Waals surface area contributed by atoms with Crippen molar-refractivity contribution in [3.63, 3.8) is 0 Å². The molecule has 2 N–H and O–H groups in total. The number of carbonyl (C=O) groups excluding carboxylic acids is 1. The number of benzene rings is 1. The van der Waals surface area contributed by atoms with Crippen LogP contribution in [0.1, 0.15) is 18.4 Å². The van der Waals surface area contributed by atoms with E-state index in [2.05, 4.69) is 0 Å². The Hall–Kier alpha value is -1.76. The normalized spacial score (nSPS) is 19.3. The number of hydrogen-bond acceptors (Lipinski definition) is 3. The topological polar surface area (TPSA) is 55.6 Å². The minimum absolute atomic E-state index is 0.178. The van der Waals surface area contributed by atoms with Crippen LogP contribution in [-0.4, -0.2) is 25.3 Å². The monoisotopic (exact) mass is 288 g/mol. The maximum atomic E-state index is 12.5. The largest absolute Gasteiger partial charge is 0.447 e. The zero-order chi connectivity index (χ0) is 14.8. The molecule has 1 amide bonds. The highest BCUT2D eigenvalue weighted by atomic mass is 19.4. The van der Waals surface area contributed by atoms with Crippen molar-refractivity contribution in [1.82, 2.24) is 0 Å². The molecule has 0 aromatic heterocycles. The Morgan fingerprint density at radius 3 is 2.50 bits per heavy atom. The molecule has 1 saturated heterocycles. The first-order valence-electron chi connectivity index (χ1n) is 6.27. The zero-order valence-corrected chi connectivity index (χ0v) is 10.7. The van der Waals surface area contributed by atoms with Crippen molar-refractivity contribution in [2.45, 2.75) is 25.1 Å². The number of halogens is 3. The van der Waals surface area contributed by atoms with Crippen molar-refractivity contribution in [2.24, 2.45) is 5.73 Å². The number of anilines is 1. The molecule has 1 heterocycles. The molecule has 20 heavy (non-hydrogen) atoms. The smallest absolute Gasteiger partial charge is 0.416 e. The molecule has 1 unspecified atom stereocenters. The summed E-state index contributed by atoms with van der Waals surface area (Å²) in [7, 11) is 0. The lowest BCUT2D eigenvalue weighted by Gasteiger charge is -2.21. The number of alkyl halides is 3. The first-order valence-corrected chi connectivity index (χ1v) is 6.27. The van der Waals surface area contributed by atoms with Crippen LogP contribution in [0, 0.1) is 0 Å². The molecule has 110 valence electrons. The van der Waals surface area contributed by atoms with Gasteiger partial charge in [0.15, 0.2) is 0 Å². The van der Waals surface area contributed by atoms with E-state index in [9.17, 15) is 18.0 Å². The van der Waals surface area contributed by atoms with Crippen LogP contribution in [0.4, 0.5) is 23.7 Å². The van der Waals surface area contributed by atoms with Gasteiger partial charge in [-0.05, 0) is 43.7 Å². The van der Waals surface area contributed by atoms with Crippen molar-refractivity contribution in [3.8, 4) is 0 Å². The lowest BCUT2D eigenvalue weighted by Crippen LogP contribution is -2.33. The van der Waals surface area contributed by atoms with Gasteiger partial charge in [-0.25, -0.2) is 4.79 Å². The van der Waals surface area contributed by atoms with Gasteiger partial charge in [-0.15, -0.1) is 0 Å². The van der Waals surface area contributed by atoms with Gasteiger partial charge < -0.3 is 10.5 Å². The van der Waals surface area contributed by atoms with Crippen molar-refractivity contribution < 1.29 is 22.7 Å². The molecule has 1 aliphatic rings. The second-order valence-corrected chi connectivity index (χ2v) is 4.58. The highest BCUT2D eigenvalue weighted by Crippen LogP contribution is 2.32. The number of carbonyl (C=O) groups is 1. The predicted octanol–water partition coefficient (Wildman–Crippen LogP) is 2.77. The van der Waals surface area contributed by atoms with Gasteiger partial charge in [0.05, 0.1) is 11.6 Å². The van der Waals surface area contributed by atoms with E-state index in [4.69, 9.17) is 10.5 Å². The molecule has 0 spiro atoms. The second-order valence-electron chi connectivity index (χ2n) is 4.58. The van der Waals surface area contributed by atoms with E-state index in [0.717, 1.165) is 18.6 Å². The van der Waals surface area contributed by atoms with Crippen LogP contribution in [0.2, 0.25) is 0 Å². The highest BCUT2D eigenvalue weighted by Gasteiger charge is 2.35. The molecule has 2 rings (SSSR count). The van der Waals surface area contributed by atoms with E-state index < -0.39 is 17.8 Å². The number of nitrogens with zero attached hydrogens (tertiary/aromatic N) is 1. The molecule has 0 bridgehead atoms. The summed E-state index contributed by atoms with van der Waals surface area (Å²) in [5.74, 6) is 0. The van der Waals surface area contributed by atoms with E-state index in [0.29, 0.717) is 18.7 Å². The van der Waals surface area contributed by atoms with Crippen molar-refractivity contribution >= 4 is 11.8 Å². The van der Waals surface area contributed by atoms with Crippen molar-refractivity contribution in [2.75, 3.05) is 18.1 Å². The molecule has 4 nitrogen and oxygen atoms in total. The van der Waals surface area contributed by atoms with Crippen molar-refractivity contribution in [1.29, 1.82) is 0 Å². The summed E-state index contributed by atoms with van der Waals surface area (Å²) in [6, 6.07) is 4.31. The number of amides is 1. The highest BCUT2D eigenvalue weighted by molar-refractivity contribution is 5.90. The molecule has 1 aromatic carbocycles. The Kier molecular flexibility index (Phi) is 4.17. The van der Waals surface area contributed by atoms with Gasteiger partial charge in [0.1, 0.15) is 6.61 Å². The van der Waals surface area contributed by atoms with Gasteiger partial charge in [-0.3, -0.25) is 4.90 Å². The molecular weight excluding hydrogens is 273 g/mol. The predicted molar refractivity (Wildman–Crippen MR) is 67.3 cm³/mol. The van der Waals surface area contributed by atoms with Gasteiger partial charge >= 0.3 is 12.3 Å². The lowest BCUT2D eigenvalue weighted by molar-refractivity contribution is -0.137. The Bertz CT molecular complexity index is 473. The summed E-state index contributed by atoms with van der Waals surface area (Å²) in [6.07, 6.45) is -3.54.